The fourth-order valence-corrected chi connectivity index (χ4v) is 5.23. The highest BCUT2D eigenvalue weighted by molar-refractivity contribution is 5.95. The number of nitrogens with one attached hydrogen (secondary N) is 1. The monoisotopic (exact) mass is 457 g/mol. The summed E-state index contributed by atoms with van der Waals surface area (Å²) in [7, 11) is 0. The van der Waals surface area contributed by atoms with E-state index in [2.05, 4.69) is 64.2 Å². The highest BCUT2D eigenvalue weighted by atomic mass is 16.7. The summed E-state index contributed by atoms with van der Waals surface area (Å²) in [5, 5.41) is 3.21. The maximum atomic E-state index is 13.1. The minimum Gasteiger partial charge on any atom is -0.486 e. The van der Waals surface area contributed by atoms with Gasteiger partial charge in [0.2, 0.25) is 12.7 Å². The number of ether oxygens (including phenoxy) is 3. The van der Waals surface area contributed by atoms with Gasteiger partial charge in [0.1, 0.15) is 11.4 Å². The van der Waals surface area contributed by atoms with Gasteiger partial charge in [-0.3, -0.25) is 4.79 Å². The van der Waals surface area contributed by atoms with E-state index in [0.717, 1.165) is 45.0 Å². The van der Waals surface area contributed by atoms with Crippen molar-refractivity contribution in [3.63, 3.8) is 0 Å². The summed E-state index contributed by atoms with van der Waals surface area (Å²) in [6, 6.07) is 14.3. The highest BCUT2D eigenvalue weighted by Gasteiger charge is 2.45. The summed E-state index contributed by atoms with van der Waals surface area (Å²) < 4.78 is 17.4. The number of hydrogen-bond donors (Lipinski definition) is 1. The third kappa shape index (κ3) is 3.69. The predicted octanol–water partition coefficient (Wildman–Crippen LogP) is 6.13. The van der Waals surface area contributed by atoms with Crippen molar-refractivity contribution in [1.82, 2.24) is 0 Å². The van der Waals surface area contributed by atoms with Gasteiger partial charge in [0.15, 0.2) is 11.5 Å². The van der Waals surface area contributed by atoms with Crippen LogP contribution in [0.15, 0.2) is 42.5 Å². The van der Waals surface area contributed by atoms with Crippen LogP contribution in [0.4, 0.5) is 5.69 Å². The number of carbonyl (C=O) groups is 1. The Hall–Kier alpha value is -3.47. The highest BCUT2D eigenvalue weighted by Crippen LogP contribution is 2.53. The first-order valence-electron chi connectivity index (χ1n) is 11.7. The molecule has 3 aromatic carbocycles. The molecule has 1 N–H and O–H groups in total. The van der Waals surface area contributed by atoms with Gasteiger partial charge in [-0.15, -0.1) is 0 Å². The molecule has 0 aliphatic carbocycles. The van der Waals surface area contributed by atoms with E-state index in [1.165, 1.54) is 11.1 Å². The van der Waals surface area contributed by atoms with Crippen LogP contribution in [0.1, 0.15) is 58.7 Å². The number of carbonyl (C=O) groups excluding carboxylic acids is 1. The van der Waals surface area contributed by atoms with Crippen molar-refractivity contribution in [3.8, 4) is 17.2 Å². The fourth-order valence-electron chi connectivity index (χ4n) is 5.23. The van der Waals surface area contributed by atoms with Crippen LogP contribution in [-0.4, -0.2) is 18.3 Å². The molecule has 5 heteroatoms. The van der Waals surface area contributed by atoms with Crippen molar-refractivity contribution in [2.45, 2.75) is 59.5 Å². The first kappa shape index (κ1) is 22.3. The number of benzene rings is 3. The maximum Gasteiger partial charge on any atom is 0.231 e. The third-order valence-corrected chi connectivity index (χ3v) is 7.13. The summed E-state index contributed by atoms with van der Waals surface area (Å²) in [5.74, 6) is 2.36. The van der Waals surface area contributed by atoms with E-state index in [0.29, 0.717) is 5.75 Å². The molecule has 1 amide bonds. The Morgan fingerprint density at radius 1 is 0.941 bits per heavy atom. The third-order valence-electron chi connectivity index (χ3n) is 7.13. The second-order valence-corrected chi connectivity index (χ2v) is 9.95. The molecule has 5 rings (SSSR count). The van der Waals surface area contributed by atoms with Crippen molar-refractivity contribution < 1.29 is 19.0 Å². The van der Waals surface area contributed by atoms with Gasteiger partial charge in [0, 0.05) is 11.3 Å². The first-order chi connectivity index (χ1) is 16.2. The summed E-state index contributed by atoms with van der Waals surface area (Å²) in [6.45, 7) is 12.8. The average molecular weight is 458 g/mol. The van der Waals surface area contributed by atoms with Crippen LogP contribution in [0.25, 0.3) is 0 Å². The molecular weight excluding hydrogens is 426 g/mol. The van der Waals surface area contributed by atoms with Crippen molar-refractivity contribution in [2.75, 3.05) is 12.1 Å². The average Bonchev–Trinajstić information content (AvgIpc) is 3.37. The van der Waals surface area contributed by atoms with Gasteiger partial charge >= 0.3 is 0 Å². The normalized spacial score (nSPS) is 17.3. The Morgan fingerprint density at radius 2 is 1.65 bits per heavy atom. The Morgan fingerprint density at radius 3 is 2.38 bits per heavy atom. The van der Waals surface area contributed by atoms with Crippen molar-refractivity contribution in [3.05, 3.63) is 81.4 Å². The molecule has 34 heavy (non-hydrogen) atoms. The largest absolute Gasteiger partial charge is 0.486 e. The summed E-state index contributed by atoms with van der Waals surface area (Å²) in [4.78, 5) is 13.1. The van der Waals surface area contributed by atoms with Gasteiger partial charge in [-0.2, -0.15) is 0 Å². The molecule has 0 bridgehead atoms. The molecule has 3 aromatic rings. The van der Waals surface area contributed by atoms with Crippen LogP contribution < -0.4 is 19.5 Å². The zero-order valence-electron chi connectivity index (χ0n) is 20.7. The molecular formula is C29H31NO4. The van der Waals surface area contributed by atoms with Gasteiger partial charge in [-0.05, 0) is 81.5 Å². The van der Waals surface area contributed by atoms with Gasteiger partial charge in [-0.1, -0.05) is 35.9 Å². The van der Waals surface area contributed by atoms with Gasteiger partial charge in [0.25, 0.3) is 0 Å². The smallest absolute Gasteiger partial charge is 0.231 e. The summed E-state index contributed by atoms with van der Waals surface area (Å²) in [5.41, 5.74) is 8.15. The molecule has 5 nitrogen and oxygen atoms in total. The minimum atomic E-state index is -0.394. The van der Waals surface area contributed by atoms with Crippen LogP contribution in [0, 0.1) is 27.7 Å². The summed E-state index contributed by atoms with van der Waals surface area (Å²) in [6.07, 6.45) is 0.259. The fraction of sp³-hybridized carbons (Fsp3) is 0.345. The lowest BCUT2D eigenvalue weighted by Gasteiger charge is -2.27. The second-order valence-electron chi connectivity index (χ2n) is 9.95. The van der Waals surface area contributed by atoms with Crippen molar-refractivity contribution in [2.24, 2.45) is 0 Å². The minimum absolute atomic E-state index is 0.0607. The molecule has 1 unspecified atom stereocenters. The number of hydrogen-bond acceptors (Lipinski definition) is 4. The zero-order chi connectivity index (χ0) is 24.2. The Balaban J connectivity index is 1.50. The number of anilines is 1. The lowest BCUT2D eigenvalue weighted by atomic mass is 9.78. The molecule has 0 spiro atoms. The standard InChI is InChI=1S/C29H31NO4/c1-16-7-10-21(11-8-16)26-25-19(4)27(17(2)18(3)28(25)34-29(26,5)6)30-24(31)14-20-9-12-22-23(13-20)33-15-32-22/h7-13,26H,14-15H2,1-6H3,(H,30,31). The topological polar surface area (TPSA) is 56.8 Å². The lowest BCUT2D eigenvalue weighted by molar-refractivity contribution is -0.115. The number of aryl methyl sites for hydroxylation is 1. The van der Waals surface area contributed by atoms with E-state index in [1.54, 1.807) is 0 Å². The quantitative estimate of drug-likeness (QED) is 0.512. The van der Waals surface area contributed by atoms with Crippen LogP contribution in [0.5, 0.6) is 17.2 Å². The SMILES string of the molecule is Cc1ccc(C2c3c(C)c(NC(=O)Cc4ccc5c(c4)OCO5)c(C)c(C)c3OC2(C)C)cc1. The van der Waals surface area contributed by atoms with Crippen LogP contribution in [0.3, 0.4) is 0 Å². The molecule has 0 radical (unpaired) electrons. The Labute approximate surface area is 201 Å². The van der Waals surface area contributed by atoms with E-state index in [1.807, 2.05) is 25.1 Å². The molecule has 0 saturated carbocycles. The molecule has 1 atom stereocenters. The molecule has 0 fully saturated rings. The van der Waals surface area contributed by atoms with E-state index >= 15 is 0 Å². The predicted molar refractivity (Wildman–Crippen MR) is 133 cm³/mol. The number of fused-ring (bicyclic) bond motifs is 2. The molecule has 2 aliphatic heterocycles. The Bertz CT molecular complexity index is 1290. The molecule has 0 aromatic heterocycles. The van der Waals surface area contributed by atoms with Crippen molar-refractivity contribution >= 4 is 11.6 Å². The van der Waals surface area contributed by atoms with Gasteiger partial charge in [0.05, 0.1) is 12.3 Å². The second kappa shape index (κ2) is 8.08. The molecule has 2 heterocycles. The van der Waals surface area contributed by atoms with E-state index in [9.17, 15) is 4.79 Å². The van der Waals surface area contributed by atoms with Crippen LogP contribution in [-0.2, 0) is 11.2 Å². The maximum absolute atomic E-state index is 13.1. The number of rotatable bonds is 4. The van der Waals surface area contributed by atoms with E-state index in [4.69, 9.17) is 14.2 Å². The lowest BCUT2D eigenvalue weighted by Crippen LogP contribution is -2.31. The molecule has 2 aliphatic rings. The van der Waals surface area contributed by atoms with E-state index < -0.39 is 5.60 Å². The van der Waals surface area contributed by atoms with Gasteiger partial charge in [-0.25, -0.2) is 0 Å². The molecule has 0 saturated heterocycles. The summed E-state index contributed by atoms with van der Waals surface area (Å²) >= 11 is 0. The van der Waals surface area contributed by atoms with Crippen LogP contribution in [0.2, 0.25) is 0 Å². The van der Waals surface area contributed by atoms with Gasteiger partial charge < -0.3 is 19.5 Å². The van der Waals surface area contributed by atoms with Crippen LogP contribution >= 0.6 is 0 Å². The molecule has 176 valence electrons. The first-order valence-corrected chi connectivity index (χ1v) is 11.7. The zero-order valence-corrected chi connectivity index (χ0v) is 20.7. The van der Waals surface area contributed by atoms with E-state index in [-0.39, 0.29) is 25.0 Å². The van der Waals surface area contributed by atoms with Crippen molar-refractivity contribution in [1.29, 1.82) is 0 Å². The Kier molecular flexibility index (Phi) is 5.31. The number of amides is 1.